The van der Waals surface area contributed by atoms with Gasteiger partial charge < -0.3 is 25.2 Å². The van der Waals surface area contributed by atoms with E-state index in [1.807, 2.05) is 0 Å². The molecule has 1 aliphatic rings. The number of carboxylic acids is 2. The van der Waals surface area contributed by atoms with Crippen LogP contribution in [0, 0.1) is 0 Å². The van der Waals surface area contributed by atoms with Crippen molar-refractivity contribution >= 4 is 46.8 Å². The van der Waals surface area contributed by atoms with Crippen LogP contribution in [0.2, 0.25) is 0 Å². The average Bonchev–Trinajstić information content (AvgIpc) is 2.58. The molecular formula is C17H15Cl2MnN3O6. The fourth-order valence-electron chi connectivity index (χ4n) is 1.44. The van der Waals surface area contributed by atoms with Gasteiger partial charge in [-0.1, -0.05) is 23.2 Å². The van der Waals surface area contributed by atoms with Gasteiger partial charge in [-0.15, -0.1) is 0 Å². The van der Waals surface area contributed by atoms with Gasteiger partial charge in [0.1, 0.15) is 0 Å². The molecule has 155 valence electrons. The molecule has 1 radical (unpaired) electrons. The Labute approximate surface area is 186 Å². The summed E-state index contributed by atoms with van der Waals surface area (Å²) in [6, 6.07) is 3.12. The zero-order valence-corrected chi connectivity index (χ0v) is 17.8. The fraction of sp³-hybridized carbons (Fsp3) is 0.118. The first-order valence-electron chi connectivity index (χ1n) is 7.35. The number of hydrazine groups is 1. The van der Waals surface area contributed by atoms with Crippen LogP contribution in [0.3, 0.4) is 0 Å². The van der Waals surface area contributed by atoms with Gasteiger partial charge in [0.05, 0.1) is 5.03 Å². The summed E-state index contributed by atoms with van der Waals surface area (Å²) in [5.74, 6) is -2.90. The molecule has 1 aliphatic carbocycles. The molecule has 1 aromatic heterocycles. The quantitative estimate of drug-likeness (QED) is 0.333. The van der Waals surface area contributed by atoms with Gasteiger partial charge in [-0.2, -0.15) is 0 Å². The summed E-state index contributed by atoms with van der Waals surface area (Å²) in [5.41, 5.74) is 5.63. The van der Waals surface area contributed by atoms with E-state index >= 15 is 0 Å². The number of nitrogens with zero attached hydrogens (tertiary/aromatic N) is 1. The maximum absolute atomic E-state index is 11.7. The number of Topliss-reactive ketones (excluding diaryl/α,β-unsaturated/α-hetero) is 1. The van der Waals surface area contributed by atoms with Crippen molar-refractivity contribution < 1.29 is 46.5 Å². The molecule has 0 bridgehead atoms. The maximum atomic E-state index is 11.7. The first kappa shape index (κ1) is 28.6. The second-order valence-corrected chi connectivity index (χ2v) is 5.61. The van der Waals surface area contributed by atoms with Crippen molar-refractivity contribution in [1.82, 2.24) is 15.8 Å². The minimum atomic E-state index is -1.08. The number of pyridine rings is 1. The van der Waals surface area contributed by atoms with Crippen LogP contribution in [-0.2, 0) is 31.5 Å². The van der Waals surface area contributed by atoms with Crippen molar-refractivity contribution in [2.45, 2.75) is 13.8 Å². The summed E-state index contributed by atoms with van der Waals surface area (Å²) < 4.78 is 0. The van der Waals surface area contributed by atoms with Crippen LogP contribution in [0.15, 0.2) is 58.5 Å². The molecule has 29 heavy (non-hydrogen) atoms. The van der Waals surface area contributed by atoms with E-state index in [-0.39, 0.29) is 39.4 Å². The van der Waals surface area contributed by atoms with E-state index in [1.165, 1.54) is 30.7 Å². The molecule has 0 fully saturated rings. The van der Waals surface area contributed by atoms with Crippen LogP contribution in [0.1, 0.15) is 24.2 Å². The summed E-state index contributed by atoms with van der Waals surface area (Å²) in [5, 5.41) is 18.1. The van der Waals surface area contributed by atoms with Gasteiger partial charge in [-0.05, 0) is 38.1 Å². The van der Waals surface area contributed by atoms with Crippen LogP contribution < -0.4 is 21.1 Å². The van der Waals surface area contributed by atoms with E-state index in [1.54, 1.807) is 12.1 Å². The second kappa shape index (κ2) is 15.3. The third-order valence-corrected chi connectivity index (χ3v) is 2.89. The Morgan fingerprint density at radius 3 is 2.00 bits per heavy atom. The molecule has 0 aliphatic heterocycles. The van der Waals surface area contributed by atoms with Gasteiger partial charge in [-0.3, -0.25) is 20.0 Å². The van der Waals surface area contributed by atoms with Gasteiger partial charge in [0.25, 0.3) is 5.91 Å². The Morgan fingerprint density at radius 1 is 1.03 bits per heavy atom. The normalized spacial score (nSPS) is 13.1. The minimum absolute atomic E-state index is 0. The van der Waals surface area contributed by atoms with Crippen molar-refractivity contribution in [3.8, 4) is 0 Å². The Balaban J connectivity index is 0. The number of rotatable bonds is 3. The van der Waals surface area contributed by atoms with Gasteiger partial charge in [-0.25, -0.2) is 0 Å². The first-order chi connectivity index (χ1) is 13.0. The average molecular weight is 483 g/mol. The predicted octanol–water partition coefficient (Wildman–Crippen LogP) is -0.462. The SMILES string of the molecule is CC(=O)[O-].CC(=O)[O-].O=C1C(Cl)=CC(Cl)=C/C1=C/NNC(=O)c1ccncc1.[Mn+2]. The Hall–Kier alpha value is -2.65. The Morgan fingerprint density at radius 2 is 1.52 bits per heavy atom. The van der Waals surface area contributed by atoms with E-state index in [4.69, 9.17) is 43.0 Å². The largest absolute Gasteiger partial charge is 2.00 e. The zero-order valence-electron chi connectivity index (χ0n) is 15.1. The molecule has 0 spiro atoms. The van der Waals surface area contributed by atoms with Gasteiger partial charge >= 0.3 is 17.1 Å². The zero-order chi connectivity index (χ0) is 21.7. The van der Waals surface area contributed by atoms with Crippen LogP contribution in [-0.4, -0.2) is 28.6 Å². The summed E-state index contributed by atoms with van der Waals surface area (Å²) in [4.78, 5) is 45.0. The molecule has 0 saturated heterocycles. The van der Waals surface area contributed by atoms with Crippen LogP contribution in [0.4, 0.5) is 0 Å². The smallest absolute Gasteiger partial charge is 0.550 e. The van der Waals surface area contributed by atoms with E-state index < -0.39 is 11.9 Å². The molecule has 0 aromatic carbocycles. The monoisotopic (exact) mass is 482 g/mol. The molecule has 12 heteroatoms. The van der Waals surface area contributed by atoms with Crippen molar-refractivity contribution in [2.75, 3.05) is 0 Å². The number of carboxylic acid groups (broad SMARTS) is 2. The first-order valence-corrected chi connectivity index (χ1v) is 8.10. The topological polar surface area (TPSA) is 151 Å². The molecule has 2 rings (SSSR count). The summed E-state index contributed by atoms with van der Waals surface area (Å²) in [7, 11) is 0. The molecule has 1 amide bonds. The number of allylic oxidation sites excluding steroid dienone is 5. The van der Waals surface area contributed by atoms with Crippen LogP contribution in [0.5, 0.6) is 0 Å². The van der Waals surface area contributed by atoms with Crippen LogP contribution in [0.25, 0.3) is 0 Å². The third-order valence-electron chi connectivity index (χ3n) is 2.39. The summed E-state index contributed by atoms with van der Waals surface area (Å²) in [6.45, 7) is 1.94. The van der Waals surface area contributed by atoms with Gasteiger partial charge in [0.15, 0.2) is 0 Å². The van der Waals surface area contributed by atoms with Gasteiger partial charge in [0, 0.05) is 46.7 Å². The van der Waals surface area contributed by atoms with Gasteiger partial charge in [0.2, 0.25) is 5.78 Å². The molecular weight excluding hydrogens is 468 g/mol. The number of aliphatic carboxylic acids is 2. The molecule has 0 unspecified atom stereocenters. The number of nitrogens with one attached hydrogen (secondary N) is 2. The standard InChI is InChI=1S/C13H9Cl2N3O2.2C2H4O2.Mn/c14-10-5-9(12(19)11(15)6-10)7-17-18-13(20)8-1-3-16-4-2-8;2*1-2(3)4;/h1-7,17H,(H,18,20);2*1H3,(H,3,4);/q;;;+2/p-2/b9-7-;;;. The molecule has 1 heterocycles. The number of ketones is 1. The van der Waals surface area contributed by atoms with E-state index in [2.05, 4.69) is 15.8 Å². The summed E-state index contributed by atoms with van der Waals surface area (Å²) >= 11 is 11.5. The number of hydrogen-bond donors (Lipinski definition) is 2. The van der Waals surface area contributed by atoms with Crippen molar-refractivity contribution in [2.24, 2.45) is 0 Å². The molecule has 1 aromatic rings. The van der Waals surface area contributed by atoms with Crippen molar-refractivity contribution in [3.63, 3.8) is 0 Å². The van der Waals surface area contributed by atoms with Crippen LogP contribution >= 0.6 is 23.2 Å². The van der Waals surface area contributed by atoms with Crippen molar-refractivity contribution in [1.29, 1.82) is 0 Å². The fourth-order valence-corrected chi connectivity index (χ4v) is 1.95. The number of hydrogen-bond acceptors (Lipinski definition) is 8. The number of carbonyl (C=O) groups is 4. The predicted molar refractivity (Wildman–Crippen MR) is 97.2 cm³/mol. The van der Waals surface area contributed by atoms with E-state index in [0.29, 0.717) is 10.6 Å². The number of amides is 1. The molecule has 0 saturated carbocycles. The van der Waals surface area contributed by atoms with Crippen molar-refractivity contribution in [3.05, 3.63) is 64.1 Å². The van der Waals surface area contributed by atoms with E-state index in [0.717, 1.165) is 13.8 Å². The molecule has 9 nitrogen and oxygen atoms in total. The molecule has 0 atom stereocenters. The Kier molecular flexibility index (Phi) is 15.1. The number of carbonyl (C=O) groups excluding carboxylic acids is 4. The molecule has 2 N–H and O–H groups in total. The third kappa shape index (κ3) is 14.1. The minimum Gasteiger partial charge on any atom is -0.550 e. The summed E-state index contributed by atoms with van der Waals surface area (Å²) in [6.07, 6.45) is 7.13. The van der Waals surface area contributed by atoms with E-state index in [9.17, 15) is 9.59 Å². The number of halogens is 2. The second-order valence-electron chi connectivity index (χ2n) is 4.77. The maximum Gasteiger partial charge on any atom is 2.00 e. The Bertz CT molecular complexity index is 806. The number of aromatic nitrogens is 1.